The summed E-state index contributed by atoms with van der Waals surface area (Å²) in [5, 5.41) is 19.3. The highest BCUT2D eigenvalue weighted by molar-refractivity contribution is 5.78. The number of hydrogen-bond donors (Lipinski definition) is 2. The van der Waals surface area contributed by atoms with Crippen LogP contribution in [0.4, 0.5) is 11.6 Å². The zero-order chi connectivity index (χ0) is 20.5. The topological polar surface area (TPSA) is 95.2 Å². The molecule has 0 aliphatic carbocycles. The predicted octanol–water partition coefficient (Wildman–Crippen LogP) is 0.862. The highest BCUT2D eigenvalue weighted by Crippen LogP contribution is 2.25. The van der Waals surface area contributed by atoms with Crippen LogP contribution in [0.25, 0.3) is 11.0 Å². The summed E-state index contributed by atoms with van der Waals surface area (Å²) in [7, 11) is 5.83. The Kier molecular flexibility index (Phi) is 5.33. The van der Waals surface area contributed by atoms with Crippen LogP contribution in [0.3, 0.4) is 0 Å². The Hall–Kier alpha value is -2.78. The molecule has 9 heteroatoms. The third kappa shape index (κ3) is 4.01. The highest BCUT2D eigenvalue weighted by atomic mass is 16.3. The largest absolute Gasteiger partial charge is 0.391 e. The number of aliphatic hydroxyl groups is 1. The second kappa shape index (κ2) is 7.92. The number of β-amino-alcohol motifs (C(OH)–C–C–N with tert-alkyl or cyclic N) is 1. The summed E-state index contributed by atoms with van der Waals surface area (Å²) in [6.07, 6.45) is 3.84. The lowest BCUT2D eigenvalue weighted by atomic mass is 10.1. The third-order valence-electron chi connectivity index (χ3n) is 5.41. The molecule has 0 saturated carbocycles. The van der Waals surface area contributed by atoms with Crippen molar-refractivity contribution in [3.8, 4) is 0 Å². The number of pyridine rings is 1. The first-order chi connectivity index (χ1) is 13.9. The van der Waals surface area contributed by atoms with E-state index in [1.54, 1.807) is 6.33 Å². The lowest BCUT2D eigenvalue weighted by molar-refractivity contribution is 0.194. The molecule has 0 aromatic carbocycles. The second-order valence-electron chi connectivity index (χ2n) is 7.88. The number of aliphatic hydroxyl groups excluding tert-OH is 1. The molecule has 9 nitrogen and oxygen atoms in total. The standard InChI is InChI=1S/C20H28N8O/c1-13-17-5-14(9-22-20(17)27(4)25-13)8-21-10-15-6-16(29)11-28(15)19-7-18(26(2)3)23-12-24-19/h5,7,9,12,15-16,21,29H,6,8,10-11H2,1-4H3/t15-,16-/m1/s1. The van der Waals surface area contributed by atoms with E-state index in [1.807, 2.05) is 49.9 Å². The molecule has 1 aliphatic rings. The molecule has 0 radical (unpaired) electrons. The highest BCUT2D eigenvalue weighted by Gasteiger charge is 2.31. The zero-order valence-corrected chi connectivity index (χ0v) is 17.4. The molecule has 0 unspecified atom stereocenters. The summed E-state index contributed by atoms with van der Waals surface area (Å²) in [5.74, 6) is 1.70. The first-order valence-electron chi connectivity index (χ1n) is 9.85. The number of anilines is 2. The molecule has 3 aromatic heterocycles. The Labute approximate surface area is 170 Å². The van der Waals surface area contributed by atoms with Gasteiger partial charge in [-0.25, -0.2) is 15.0 Å². The minimum atomic E-state index is -0.351. The van der Waals surface area contributed by atoms with Gasteiger partial charge in [0.25, 0.3) is 0 Å². The number of aromatic nitrogens is 5. The maximum Gasteiger partial charge on any atom is 0.157 e. The van der Waals surface area contributed by atoms with Gasteiger partial charge in [0, 0.05) is 64.5 Å². The van der Waals surface area contributed by atoms with Crippen LogP contribution in [0, 0.1) is 6.92 Å². The van der Waals surface area contributed by atoms with Crippen molar-refractivity contribution < 1.29 is 5.11 Å². The van der Waals surface area contributed by atoms with E-state index >= 15 is 0 Å². The predicted molar refractivity (Wildman–Crippen MR) is 113 cm³/mol. The van der Waals surface area contributed by atoms with Crippen LogP contribution in [0.5, 0.6) is 0 Å². The maximum atomic E-state index is 10.2. The van der Waals surface area contributed by atoms with Crippen molar-refractivity contribution in [1.82, 2.24) is 30.0 Å². The van der Waals surface area contributed by atoms with Crippen LogP contribution in [-0.2, 0) is 13.6 Å². The average molecular weight is 396 g/mol. The van der Waals surface area contributed by atoms with Crippen molar-refractivity contribution in [2.24, 2.45) is 7.05 Å². The summed E-state index contributed by atoms with van der Waals surface area (Å²) < 4.78 is 1.81. The van der Waals surface area contributed by atoms with Crippen molar-refractivity contribution in [2.45, 2.75) is 32.0 Å². The molecule has 1 saturated heterocycles. The Balaban J connectivity index is 1.43. The molecule has 3 aromatic rings. The van der Waals surface area contributed by atoms with Gasteiger partial charge in [-0.15, -0.1) is 0 Å². The van der Waals surface area contributed by atoms with Crippen molar-refractivity contribution in [3.63, 3.8) is 0 Å². The molecule has 4 heterocycles. The molecule has 1 fully saturated rings. The molecule has 154 valence electrons. The van der Waals surface area contributed by atoms with Gasteiger partial charge in [0.15, 0.2) is 5.65 Å². The van der Waals surface area contributed by atoms with Gasteiger partial charge < -0.3 is 20.2 Å². The molecule has 2 atom stereocenters. The number of nitrogens with zero attached hydrogens (tertiary/aromatic N) is 7. The third-order valence-corrected chi connectivity index (χ3v) is 5.41. The molecular formula is C20H28N8O. The normalized spacial score (nSPS) is 19.3. The van der Waals surface area contributed by atoms with Crippen LogP contribution in [-0.4, -0.2) is 69.2 Å². The van der Waals surface area contributed by atoms with Crippen molar-refractivity contribution in [1.29, 1.82) is 0 Å². The molecule has 1 aliphatic heterocycles. The van der Waals surface area contributed by atoms with Gasteiger partial charge in [0.05, 0.1) is 11.8 Å². The minimum absolute atomic E-state index is 0.173. The lowest BCUT2D eigenvalue weighted by Crippen LogP contribution is -2.38. The number of nitrogens with one attached hydrogen (secondary N) is 1. The number of rotatable bonds is 6. The maximum absolute atomic E-state index is 10.2. The Morgan fingerprint density at radius 3 is 2.86 bits per heavy atom. The fourth-order valence-electron chi connectivity index (χ4n) is 3.94. The van der Waals surface area contributed by atoms with Gasteiger partial charge in [-0.05, 0) is 25.0 Å². The fraction of sp³-hybridized carbons (Fsp3) is 0.500. The second-order valence-corrected chi connectivity index (χ2v) is 7.88. The molecule has 29 heavy (non-hydrogen) atoms. The Morgan fingerprint density at radius 2 is 2.07 bits per heavy atom. The molecule has 2 N–H and O–H groups in total. The summed E-state index contributed by atoms with van der Waals surface area (Å²) >= 11 is 0. The summed E-state index contributed by atoms with van der Waals surface area (Å²) in [5.41, 5.74) is 3.01. The van der Waals surface area contributed by atoms with Gasteiger partial charge in [0.2, 0.25) is 0 Å². The van der Waals surface area contributed by atoms with Crippen LogP contribution in [0.15, 0.2) is 24.7 Å². The van der Waals surface area contributed by atoms with E-state index in [2.05, 4.69) is 36.3 Å². The van der Waals surface area contributed by atoms with Crippen LogP contribution in [0.1, 0.15) is 17.7 Å². The average Bonchev–Trinajstić information content (AvgIpc) is 3.21. The molecule has 4 rings (SSSR count). The van der Waals surface area contributed by atoms with Gasteiger partial charge in [0.1, 0.15) is 18.0 Å². The van der Waals surface area contributed by atoms with E-state index in [0.29, 0.717) is 19.5 Å². The smallest absolute Gasteiger partial charge is 0.157 e. The van der Waals surface area contributed by atoms with Crippen LogP contribution >= 0.6 is 0 Å². The van der Waals surface area contributed by atoms with Crippen molar-refractivity contribution in [3.05, 3.63) is 35.9 Å². The van der Waals surface area contributed by atoms with Gasteiger partial charge in [-0.2, -0.15) is 5.10 Å². The summed E-state index contributed by atoms with van der Waals surface area (Å²) in [6, 6.07) is 4.28. The monoisotopic (exact) mass is 396 g/mol. The number of aryl methyl sites for hydroxylation is 2. The first kappa shape index (κ1) is 19.5. The first-order valence-corrected chi connectivity index (χ1v) is 9.85. The van der Waals surface area contributed by atoms with Crippen molar-refractivity contribution in [2.75, 3.05) is 37.0 Å². The molecule has 0 spiro atoms. The van der Waals surface area contributed by atoms with Gasteiger partial charge in [-0.3, -0.25) is 4.68 Å². The quantitative estimate of drug-likeness (QED) is 0.634. The molecule has 0 bridgehead atoms. The van der Waals surface area contributed by atoms with E-state index < -0.39 is 0 Å². The van der Waals surface area contributed by atoms with E-state index in [1.165, 1.54) is 0 Å². The molecule has 0 amide bonds. The lowest BCUT2D eigenvalue weighted by Gasteiger charge is -2.26. The SMILES string of the molecule is Cc1nn(C)c2ncc(CNC[C@H]3C[C@@H](O)CN3c3cc(N(C)C)ncn3)cc12. The van der Waals surface area contributed by atoms with Crippen LogP contribution < -0.4 is 15.1 Å². The van der Waals surface area contributed by atoms with E-state index in [9.17, 15) is 5.11 Å². The molecular weight excluding hydrogens is 368 g/mol. The van der Waals surface area contributed by atoms with E-state index in [-0.39, 0.29) is 12.1 Å². The van der Waals surface area contributed by atoms with Gasteiger partial charge in [-0.1, -0.05) is 0 Å². The van der Waals surface area contributed by atoms with E-state index in [0.717, 1.165) is 40.5 Å². The van der Waals surface area contributed by atoms with Crippen LogP contribution in [0.2, 0.25) is 0 Å². The Morgan fingerprint density at radius 1 is 1.24 bits per heavy atom. The number of fused-ring (bicyclic) bond motifs is 1. The minimum Gasteiger partial charge on any atom is -0.391 e. The zero-order valence-electron chi connectivity index (χ0n) is 17.4. The van der Waals surface area contributed by atoms with E-state index in [4.69, 9.17) is 0 Å². The summed E-state index contributed by atoms with van der Waals surface area (Å²) in [6.45, 7) is 4.05. The van der Waals surface area contributed by atoms with Gasteiger partial charge >= 0.3 is 0 Å². The number of hydrogen-bond acceptors (Lipinski definition) is 8. The Bertz CT molecular complexity index is 1000. The summed E-state index contributed by atoms with van der Waals surface area (Å²) in [4.78, 5) is 17.4. The van der Waals surface area contributed by atoms with Crippen molar-refractivity contribution >= 4 is 22.7 Å². The fourth-order valence-corrected chi connectivity index (χ4v) is 3.94.